The number of benzene rings is 1. The molecule has 1 aromatic carbocycles. The van der Waals surface area contributed by atoms with Gasteiger partial charge in [-0.1, -0.05) is 60.8 Å². The summed E-state index contributed by atoms with van der Waals surface area (Å²) in [5.74, 6) is -1.11. The number of carbonyl (C=O) groups is 1. The molecule has 0 fully saturated rings. The number of hydrogen-bond acceptors (Lipinski definition) is 4. The normalized spacial score (nSPS) is 19.6. The first-order chi connectivity index (χ1) is 11.8. The second-order valence-electron chi connectivity index (χ2n) is 6.28. The van der Waals surface area contributed by atoms with Gasteiger partial charge in [-0.15, -0.1) is 0 Å². The number of carboxylic acid groups (broad SMARTS) is 1. The Kier molecular flexibility index (Phi) is 6.71. The minimum Gasteiger partial charge on any atom is -0.480 e. The lowest BCUT2D eigenvalue weighted by Gasteiger charge is -2.31. The number of hydroxylamine groups is 1. The zero-order valence-electron chi connectivity index (χ0n) is 14.4. The number of hydrogen-bond donors (Lipinski definition) is 1. The maximum atomic E-state index is 12.9. The maximum Gasteiger partial charge on any atom is 0.322 e. The summed E-state index contributed by atoms with van der Waals surface area (Å²) in [4.78, 5) is 17.1. The Morgan fingerprint density at radius 1 is 1.20 bits per heavy atom. The molecule has 0 aromatic heterocycles. The molecule has 0 amide bonds. The summed E-state index contributed by atoms with van der Waals surface area (Å²) < 4.78 is 27.7. The van der Waals surface area contributed by atoms with Gasteiger partial charge in [0.05, 0.1) is 13.2 Å². The van der Waals surface area contributed by atoms with Gasteiger partial charge in [0.1, 0.15) is 6.04 Å². The molecule has 2 rings (SSSR count). The van der Waals surface area contributed by atoms with Crippen molar-refractivity contribution in [2.45, 2.75) is 32.9 Å². The number of aliphatic carboxylic acids is 1. The minimum absolute atomic E-state index is 0.0111. The van der Waals surface area contributed by atoms with Crippen LogP contribution in [0.4, 0.5) is 0 Å². The zero-order valence-corrected chi connectivity index (χ0v) is 15.2. The maximum absolute atomic E-state index is 12.9. The molecule has 0 aliphatic carbocycles. The van der Waals surface area contributed by atoms with Gasteiger partial charge in [-0.3, -0.25) is 9.63 Å². The van der Waals surface area contributed by atoms with Gasteiger partial charge in [-0.25, -0.2) is 0 Å². The highest BCUT2D eigenvalue weighted by Gasteiger charge is 2.39. The third kappa shape index (κ3) is 5.12. The van der Waals surface area contributed by atoms with Gasteiger partial charge in [0.15, 0.2) is 0 Å². The lowest BCUT2D eigenvalue weighted by atomic mass is 10.0. The van der Waals surface area contributed by atoms with Crippen molar-refractivity contribution in [1.82, 2.24) is 8.77 Å². The van der Waals surface area contributed by atoms with Crippen molar-refractivity contribution in [2.24, 2.45) is 5.92 Å². The lowest BCUT2D eigenvalue weighted by Crippen LogP contribution is -2.51. The molecule has 1 aromatic rings. The highest BCUT2D eigenvalue weighted by atomic mass is 32.2. The topological polar surface area (TPSA) is 87.2 Å². The monoisotopic (exact) mass is 368 g/mol. The molecular weight excluding hydrogens is 344 g/mol. The molecule has 1 heterocycles. The van der Waals surface area contributed by atoms with E-state index in [9.17, 15) is 18.3 Å². The van der Waals surface area contributed by atoms with Crippen LogP contribution in [0.2, 0.25) is 0 Å². The Hall–Kier alpha value is -1.74. The summed E-state index contributed by atoms with van der Waals surface area (Å²) in [7, 11) is -4.06. The molecule has 0 radical (unpaired) electrons. The van der Waals surface area contributed by atoms with Gasteiger partial charge in [0, 0.05) is 6.54 Å². The predicted molar refractivity (Wildman–Crippen MR) is 93.6 cm³/mol. The molecule has 0 unspecified atom stereocenters. The van der Waals surface area contributed by atoms with E-state index in [1.54, 1.807) is 12.2 Å². The number of carboxylic acids is 1. The summed E-state index contributed by atoms with van der Waals surface area (Å²) in [6, 6.07) is 8.07. The van der Waals surface area contributed by atoms with E-state index in [0.717, 1.165) is 14.3 Å². The standard InChI is InChI=1S/C17H24N2O5S/c1-14(2)12-16(17(20)21)18-10-6-7-11-19(25(18,22)23)24-13-15-8-4-3-5-9-15/h3-9,14,16H,10-13H2,1-2H3,(H,20,21)/t16-/m1/s1. The van der Waals surface area contributed by atoms with Gasteiger partial charge in [-0.2, -0.15) is 12.7 Å². The molecule has 7 nitrogen and oxygen atoms in total. The quantitative estimate of drug-likeness (QED) is 0.744. The number of nitrogens with zero attached hydrogens (tertiary/aromatic N) is 2. The molecular formula is C17H24N2O5S. The molecule has 138 valence electrons. The van der Waals surface area contributed by atoms with E-state index in [2.05, 4.69) is 0 Å². The van der Waals surface area contributed by atoms with Crippen LogP contribution in [-0.2, 0) is 26.4 Å². The van der Waals surface area contributed by atoms with E-state index >= 15 is 0 Å². The summed E-state index contributed by atoms with van der Waals surface area (Å²) in [6.07, 6.45) is 3.55. The van der Waals surface area contributed by atoms with Crippen molar-refractivity contribution in [2.75, 3.05) is 13.1 Å². The third-order valence-corrected chi connectivity index (χ3v) is 5.57. The summed E-state index contributed by atoms with van der Waals surface area (Å²) >= 11 is 0. The van der Waals surface area contributed by atoms with E-state index < -0.39 is 22.2 Å². The summed E-state index contributed by atoms with van der Waals surface area (Å²) in [5.41, 5.74) is 0.828. The van der Waals surface area contributed by atoms with Gasteiger partial charge >= 0.3 is 16.2 Å². The number of rotatable bonds is 7. The summed E-state index contributed by atoms with van der Waals surface area (Å²) in [6.45, 7) is 3.86. The van der Waals surface area contributed by atoms with Crippen LogP contribution in [0, 0.1) is 5.92 Å². The van der Waals surface area contributed by atoms with Crippen LogP contribution in [0.3, 0.4) is 0 Å². The average molecular weight is 368 g/mol. The SMILES string of the molecule is CC(C)C[C@H](C(=O)O)N1CC=CCN(OCc2ccccc2)S1(=O)=O. The second-order valence-corrected chi connectivity index (χ2v) is 8.05. The van der Waals surface area contributed by atoms with Crippen molar-refractivity contribution in [3.63, 3.8) is 0 Å². The molecule has 0 saturated heterocycles. The predicted octanol–water partition coefficient (Wildman–Crippen LogP) is 2.04. The average Bonchev–Trinajstić information content (AvgIpc) is 2.69. The van der Waals surface area contributed by atoms with Crippen LogP contribution in [0.25, 0.3) is 0 Å². The Morgan fingerprint density at radius 3 is 2.44 bits per heavy atom. The Balaban J connectivity index is 2.21. The molecule has 0 saturated carbocycles. The van der Waals surface area contributed by atoms with E-state index in [1.165, 1.54) is 0 Å². The fourth-order valence-corrected chi connectivity index (χ4v) is 4.03. The first-order valence-corrected chi connectivity index (χ1v) is 9.56. The van der Waals surface area contributed by atoms with Gasteiger partial charge in [0.25, 0.3) is 0 Å². The van der Waals surface area contributed by atoms with Crippen LogP contribution in [0.1, 0.15) is 25.8 Å². The van der Waals surface area contributed by atoms with Crippen LogP contribution in [-0.4, -0.2) is 47.4 Å². The first kappa shape index (κ1) is 19.6. The smallest absolute Gasteiger partial charge is 0.322 e. The van der Waals surface area contributed by atoms with E-state index in [0.29, 0.717) is 0 Å². The zero-order chi connectivity index (χ0) is 18.4. The van der Waals surface area contributed by atoms with Gasteiger partial charge in [-0.05, 0) is 17.9 Å². The second kappa shape index (κ2) is 8.57. The molecule has 1 aliphatic heterocycles. The van der Waals surface area contributed by atoms with Crippen LogP contribution in [0.5, 0.6) is 0 Å². The van der Waals surface area contributed by atoms with Crippen molar-refractivity contribution in [1.29, 1.82) is 0 Å². The molecule has 25 heavy (non-hydrogen) atoms. The van der Waals surface area contributed by atoms with E-state index in [1.807, 2.05) is 44.2 Å². The van der Waals surface area contributed by atoms with Crippen molar-refractivity contribution < 1.29 is 23.2 Å². The fraction of sp³-hybridized carbons (Fsp3) is 0.471. The molecule has 1 N–H and O–H groups in total. The molecule has 1 atom stereocenters. The summed E-state index contributed by atoms with van der Waals surface area (Å²) in [5, 5.41) is 9.50. The highest BCUT2D eigenvalue weighted by molar-refractivity contribution is 7.86. The van der Waals surface area contributed by atoms with Crippen molar-refractivity contribution in [3.8, 4) is 0 Å². The van der Waals surface area contributed by atoms with Gasteiger partial charge in [0.2, 0.25) is 0 Å². The molecule has 0 bridgehead atoms. The van der Waals surface area contributed by atoms with Crippen LogP contribution < -0.4 is 0 Å². The van der Waals surface area contributed by atoms with Crippen LogP contribution >= 0.6 is 0 Å². The van der Waals surface area contributed by atoms with Gasteiger partial charge < -0.3 is 5.11 Å². The molecule has 1 aliphatic rings. The Morgan fingerprint density at radius 2 is 1.84 bits per heavy atom. The molecule has 8 heteroatoms. The lowest BCUT2D eigenvalue weighted by molar-refractivity contribution is -0.142. The fourth-order valence-electron chi connectivity index (χ4n) is 2.56. The first-order valence-electron chi connectivity index (χ1n) is 8.16. The largest absolute Gasteiger partial charge is 0.480 e. The van der Waals surface area contributed by atoms with E-state index in [4.69, 9.17) is 4.84 Å². The highest BCUT2D eigenvalue weighted by Crippen LogP contribution is 2.21. The Labute approximate surface area is 148 Å². The van der Waals surface area contributed by atoms with Crippen LogP contribution in [0.15, 0.2) is 42.5 Å². The third-order valence-electron chi connectivity index (χ3n) is 3.81. The van der Waals surface area contributed by atoms with E-state index in [-0.39, 0.29) is 32.0 Å². The minimum atomic E-state index is -4.06. The van der Waals surface area contributed by atoms with Crippen molar-refractivity contribution in [3.05, 3.63) is 48.0 Å². The molecule has 0 spiro atoms. The Bertz CT molecular complexity index is 703. The van der Waals surface area contributed by atoms with Crippen molar-refractivity contribution >= 4 is 16.2 Å².